The van der Waals surface area contributed by atoms with Crippen LogP contribution in [0.3, 0.4) is 0 Å². The first-order valence-corrected chi connectivity index (χ1v) is 12.4. The van der Waals surface area contributed by atoms with E-state index in [-0.39, 0.29) is 6.03 Å². The predicted octanol–water partition coefficient (Wildman–Crippen LogP) is 5.91. The van der Waals surface area contributed by atoms with Gasteiger partial charge in [-0.1, -0.05) is 71.1 Å². The van der Waals surface area contributed by atoms with Crippen molar-refractivity contribution in [3.05, 3.63) is 0 Å². The SMILES string of the molecule is CCCCCCCCCCCCCC[N+]1(C)CCN(C(=O)N(CC)CC)CC1. The van der Waals surface area contributed by atoms with Crippen LogP contribution in [0.4, 0.5) is 4.79 Å². The summed E-state index contributed by atoms with van der Waals surface area (Å²) < 4.78 is 1.15. The highest BCUT2D eigenvalue weighted by Crippen LogP contribution is 2.16. The van der Waals surface area contributed by atoms with Gasteiger partial charge >= 0.3 is 6.03 Å². The second-order valence-electron chi connectivity index (χ2n) is 9.12. The van der Waals surface area contributed by atoms with Crippen LogP contribution in [0.1, 0.15) is 97.8 Å². The van der Waals surface area contributed by atoms with Gasteiger partial charge in [0.05, 0.1) is 39.8 Å². The van der Waals surface area contributed by atoms with Crippen molar-refractivity contribution in [2.75, 3.05) is 52.9 Å². The number of carbonyl (C=O) groups excluding carboxylic acids is 1. The van der Waals surface area contributed by atoms with Gasteiger partial charge in [0.15, 0.2) is 0 Å². The Labute approximate surface area is 176 Å². The second-order valence-corrected chi connectivity index (χ2v) is 9.12. The van der Waals surface area contributed by atoms with Crippen molar-refractivity contribution in [3.8, 4) is 0 Å². The van der Waals surface area contributed by atoms with E-state index in [1.54, 1.807) is 0 Å². The minimum absolute atomic E-state index is 0.238. The quantitative estimate of drug-likeness (QED) is 0.249. The smallest absolute Gasteiger partial charge is 0.320 e. The standard InChI is InChI=1S/C24H50N3O/c1-5-8-9-10-11-12-13-14-15-16-17-18-21-27(4)22-19-26(20-23-27)24(28)25(6-2)7-3/h5-23H2,1-4H3/q+1. The maximum absolute atomic E-state index is 12.5. The number of likely N-dealkylation sites (N-methyl/N-ethyl adjacent to an activating group) is 1. The molecule has 1 heterocycles. The number of hydrogen-bond donors (Lipinski definition) is 0. The van der Waals surface area contributed by atoms with Gasteiger partial charge < -0.3 is 14.3 Å². The average Bonchev–Trinajstić information content (AvgIpc) is 2.70. The summed E-state index contributed by atoms with van der Waals surface area (Å²) in [6.45, 7) is 13.4. The first-order chi connectivity index (χ1) is 13.6. The third-order valence-electron chi connectivity index (χ3n) is 6.68. The van der Waals surface area contributed by atoms with Gasteiger partial charge in [0.25, 0.3) is 0 Å². The van der Waals surface area contributed by atoms with E-state index in [4.69, 9.17) is 0 Å². The van der Waals surface area contributed by atoms with Crippen LogP contribution < -0.4 is 0 Å². The fourth-order valence-corrected chi connectivity index (χ4v) is 4.39. The largest absolute Gasteiger partial charge is 0.325 e. The van der Waals surface area contributed by atoms with E-state index in [1.165, 1.54) is 83.6 Å². The van der Waals surface area contributed by atoms with Crippen LogP contribution in [0.5, 0.6) is 0 Å². The Kier molecular flexibility index (Phi) is 13.6. The molecule has 1 aliphatic rings. The monoisotopic (exact) mass is 396 g/mol. The third kappa shape index (κ3) is 10.1. The number of nitrogens with zero attached hydrogens (tertiary/aromatic N) is 3. The summed E-state index contributed by atoms with van der Waals surface area (Å²) in [5.41, 5.74) is 0. The van der Waals surface area contributed by atoms with E-state index in [0.717, 1.165) is 43.8 Å². The zero-order valence-corrected chi connectivity index (χ0v) is 19.7. The van der Waals surface area contributed by atoms with E-state index < -0.39 is 0 Å². The number of piperazine rings is 1. The molecule has 0 bridgehead atoms. The van der Waals surface area contributed by atoms with Crippen LogP contribution in [-0.2, 0) is 0 Å². The van der Waals surface area contributed by atoms with E-state index >= 15 is 0 Å². The molecule has 0 atom stereocenters. The van der Waals surface area contributed by atoms with E-state index in [0.29, 0.717) is 0 Å². The topological polar surface area (TPSA) is 23.6 Å². The molecule has 1 fully saturated rings. The summed E-state index contributed by atoms with van der Waals surface area (Å²) in [6.07, 6.45) is 17.0. The van der Waals surface area contributed by atoms with Gasteiger partial charge in [-0.25, -0.2) is 4.79 Å². The Hall–Kier alpha value is -0.770. The fourth-order valence-electron chi connectivity index (χ4n) is 4.39. The van der Waals surface area contributed by atoms with Crippen molar-refractivity contribution in [2.45, 2.75) is 97.8 Å². The molecule has 0 saturated carbocycles. The zero-order valence-electron chi connectivity index (χ0n) is 19.7. The fraction of sp³-hybridized carbons (Fsp3) is 0.958. The third-order valence-corrected chi connectivity index (χ3v) is 6.68. The Morgan fingerprint density at radius 2 is 1.18 bits per heavy atom. The lowest BCUT2D eigenvalue weighted by Crippen LogP contribution is -2.60. The summed E-state index contributed by atoms with van der Waals surface area (Å²) in [4.78, 5) is 16.5. The molecule has 2 amide bonds. The zero-order chi connectivity index (χ0) is 20.7. The van der Waals surface area contributed by atoms with Crippen LogP contribution in [-0.4, -0.2) is 73.2 Å². The number of amides is 2. The second kappa shape index (κ2) is 15.1. The van der Waals surface area contributed by atoms with Crippen molar-refractivity contribution >= 4 is 6.03 Å². The maximum atomic E-state index is 12.5. The minimum atomic E-state index is 0.238. The predicted molar refractivity (Wildman–Crippen MR) is 122 cm³/mol. The van der Waals surface area contributed by atoms with Gasteiger partial charge in [0.1, 0.15) is 0 Å². The van der Waals surface area contributed by atoms with E-state index in [1.807, 2.05) is 4.90 Å². The molecule has 166 valence electrons. The summed E-state index contributed by atoms with van der Waals surface area (Å²) >= 11 is 0. The van der Waals surface area contributed by atoms with Gasteiger partial charge in [-0.05, 0) is 26.7 Å². The van der Waals surface area contributed by atoms with Crippen molar-refractivity contribution in [1.82, 2.24) is 9.80 Å². The van der Waals surface area contributed by atoms with Crippen LogP contribution >= 0.6 is 0 Å². The molecule has 0 N–H and O–H groups in total. The molecule has 0 unspecified atom stereocenters. The summed E-state index contributed by atoms with van der Waals surface area (Å²) in [5, 5.41) is 0. The Morgan fingerprint density at radius 1 is 0.750 bits per heavy atom. The van der Waals surface area contributed by atoms with Crippen LogP contribution in [0, 0.1) is 0 Å². The molecule has 1 rings (SSSR count). The average molecular weight is 397 g/mol. The first kappa shape index (κ1) is 25.3. The number of quaternary nitrogens is 1. The molecule has 0 aliphatic carbocycles. The van der Waals surface area contributed by atoms with Gasteiger partial charge in [-0.3, -0.25) is 0 Å². The number of urea groups is 1. The highest BCUT2D eigenvalue weighted by Gasteiger charge is 2.31. The normalized spacial score (nSPS) is 16.4. The molecule has 0 radical (unpaired) electrons. The van der Waals surface area contributed by atoms with Crippen molar-refractivity contribution in [2.24, 2.45) is 0 Å². The van der Waals surface area contributed by atoms with Gasteiger partial charge in [0, 0.05) is 13.1 Å². The lowest BCUT2D eigenvalue weighted by Gasteiger charge is -2.43. The molecule has 0 spiro atoms. The van der Waals surface area contributed by atoms with Crippen molar-refractivity contribution in [1.29, 1.82) is 0 Å². The molecular weight excluding hydrogens is 346 g/mol. The lowest BCUT2D eigenvalue weighted by atomic mass is 10.0. The maximum Gasteiger partial charge on any atom is 0.320 e. The number of unbranched alkanes of at least 4 members (excludes halogenated alkanes) is 11. The van der Waals surface area contributed by atoms with Crippen LogP contribution in [0.15, 0.2) is 0 Å². The van der Waals surface area contributed by atoms with Crippen LogP contribution in [0.25, 0.3) is 0 Å². The summed E-state index contributed by atoms with van der Waals surface area (Å²) in [5.74, 6) is 0. The molecule has 1 aliphatic heterocycles. The molecule has 28 heavy (non-hydrogen) atoms. The summed E-state index contributed by atoms with van der Waals surface area (Å²) in [6, 6.07) is 0.238. The molecular formula is C24H50N3O+. The number of hydrogen-bond acceptors (Lipinski definition) is 1. The molecule has 1 saturated heterocycles. The minimum Gasteiger partial charge on any atom is -0.325 e. The van der Waals surface area contributed by atoms with Crippen molar-refractivity contribution in [3.63, 3.8) is 0 Å². The molecule has 4 heteroatoms. The van der Waals surface area contributed by atoms with Crippen LogP contribution in [0.2, 0.25) is 0 Å². The van der Waals surface area contributed by atoms with Gasteiger partial charge in [-0.2, -0.15) is 0 Å². The molecule has 0 aromatic heterocycles. The van der Waals surface area contributed by atoms with Gasteiger partial charge in [-0.15, -0.1) is 0 Å². The first-order valence-electron chi connectivity index (χ1n) is 12.4. The molecule has 4 nitrogen and oxygen atoms in total. The summed E-state index contributed by atoms with van der Waals surface area (Å²) in [7, 11) is 2.39. The van der Waals surface area contributed by atoms with E-state index in [2.05, 4.69) is 32.7 Å². The number of rotatable bonds is 15. The molecule has 0 aromatic rings. The molecule has 0 aromatic carbocycles. The number of carbonyl (C=O) groups is 1. The Morgan fingerprint density at radius 3 is 1.61 bits per heavy atom. The van der Waals surface area contributed by atoms with Crippen molar-refractivity contribution < 1.29 is 9.28 Å². The van der Waals surface area contributed by atoms with E-state index in [9.17, 15) is 4.79 Å². The Balaban J connectivity index is 2.02. The van der Waals surface area contributed by atoms with Gasteiger partial charge in [0.2, 0.25) is 0 Å². The highest BCUT2D eigenvalue weighted by atomic mass is 16.2. The Bertz CT molecular complexity index is 387. The highest BCUT2D eigenvalue weighted by molar-refractivity contribution is 5.74. The lowest BCUT2D eigenvalue weighted by molar-refractivity contribution is -0.913.